The van der Waals surface area contributed by atoms with Gasteiger partial charge in [-0.2, -0.15) is 0 Å². The van der Waals surface area contributed by atoms with Gasteiger partial charge in [0, 0.05) is 49.6 Å². The molecular weight excluding hydrogens is 464 g/mol. The number of piperidine rings is 1. The number of nitrogens with zero attached hydrogens (tertiary/aromatic N) is 2. The molecule has 0 radical (unpaired) electrons. The van der Waals surface area contributed by atoms with Crippen molar-refractivity contribution in [2.45, 2.75) is 57.5 Å². The highest BCUT2D eigenvalue weighted by atomic mass is 35.5. The van der Waals surface area contributed by atoms with Gasteiger partial charge in [-0.3, -0.25) is 14.4 Å². The van der Waals surface area contributed by atoms with Crippen LogP contribution >= 0.6 is 11.6 Å². The number of unbranched alkanes of at least 4 members (excludes halogenated alkanes) is 1. The number of Topliss-reactive ketones (excluding diaryl/α,β-unsaturated/α-hetero) is 1. The second kappa shape index (κ2) is 9.65. The summed E-state index contributed by atoms with van der Waals surface area (Å²) >= 11 is 6.04. The van der Waals surface area contributed by atoms with Crippen LogP contribution in [0.25, 0.3) is 0 Å². The third kappa shape index (κ3) is 4.81. The number of hydrogen-bond donors (Lipinski definition) is 0. The zero-order chi connectivity index (χ0) is 24.6. The topological polar surface area (TPSA) is 66.9 Å². The first kappa shape index (κ1) is 23.9. The fourth-order valence-electron chi connectivity index (χ4n) is 5.48. The van der Waals surface area contributed by atoms with Gasteiger partial charge in [0.15, 0.2) is 5.78 Å². The van der Waals surface area contributed by atoms with Crippen molar-refractivity contribution in [2.75, 3.05) is 24.5 Å². The first-order valence-corrected chi connectivity index (χ1v) is 13.0. The first-order valence-electron chi connectivity index (χ1n) is 12.6. The second-order valence-corrected chi connectivity index (χ2v) is 10.5. The summed E-state index contributed by atoms with van der Waals surface area (Å²) in [5, 5.41) is 0.518. The molecule has 0 aromatic heterocycles. The van der Waals surface area contributed by atoms with Gasteiger partial charge in [-0.1, -0.05) is 37.1 Å². The van der Waals surface area contributed by atoms with Gasteiger partial charge in [0.05, 0.1) is 17.9 Å². The molecule has 2 saturated heterocycles. The Morgan fingerprint density at radius 3 is 2.57 bits per heavy atom. The summed E-state index contributed by atoms with van der Waals surface area (Å²) < 4.78 is 6.29. The number of hydrogen-bond acceptors (Lipinski definition) is 4. The number of carbonyl (C=O) groups excluding carboxylic acids is 3. The molecular formula is C28H31ClN2O4. The molecule has 3 heterocycles. The number of rotatable bonds is 5. The van der Waals surface area contributed by atoms with Crippen molar-refractivity contribution in [2.24, 2.45) is 5.92 Å². The maximum absolute atomic E-state index is 13.3. The number of ether oxygens (including phenoxy) is 1. The summed E-state index contributed by atoms with van der Waals surface area (Å²) in [6.45, 7) is 3.63. The van der Waals surface area contributed by atoms with E-state index < -0.39 is 5.60 Å². The number of amides is 2. The lowest BCUT2D eigenvalue weighted by Gasteiger charge is -2.44. The van der Waals surface area contributed by atoms with Gasteiger partial charge in [-0.25, -0.2) is 0 Å². The molecule has 1 spiro atoms. The van der Waals surface area contributed by atoms with Crippen molar-refractivity contribution in [1.82, 2.24) is 4.90 Å². The maximum Gasteiger partial charge on any atom is 0.228 e. The Kier molecular flexibility index (Phi) is 6.58. The Bertz CT molecular complexity index is 1140. The van der Waals surface area contributed by atoms with Crippen LogP contribution in [0.15, 0.2) is 42.5 Å². The average Bonchev–Trinajstić information content (AvgIpc) is 3.25. The summed E-state index contributed by atoms with van der Waals surface area (Å²) in [4.78, 5) is 42.4. The number of likely N-dealkylation sites (tertiary alicyclic amines) is 1. The van der Waals surface area contributed by atoms with Gasteiger partial charge in [-0.05, 0) is 48.7 Å². The Morgan fingerprint density at radius 2 is 1.86 bits per heavy atom. The Balaban J connectivity index is 1.20. The predicted molar refractivity (Wildman–Crippen MR) is 135 cm³/mol. The number of ketones is 1. The molecule has 2 aromatic rings. The van der Waals surface area contributed by atoms with E-state index in [1.165, 1.54) is 5.56 Å². The molecule has 0 saturated carbocycles. The highest BCUT2D eigenvalue weighted by molar-refractivity contribution is 6.31. The van der Waals surface area contributed by atoms with Crippen LogP contribution in [-0.4, -0.2) is 47.7 Å². The molecule has 1 unspecified atom stereocenters. The van der Waals surface area contributed by atoms with E-state index in [2.05, 4.69) is 19.1 Å². The molecule has 3 aliphatic heterocycles. The summed E-state index contributed by atoms with van der Waals surface area (Å²) in [6.07, 6.45) is 5.06. The van der Waals surface area contributed by atoms with Gasteiger partial charge in [0.1, 0.15) is 11.4 Å². The van der Waals surface area contributed by atoms with E-state index in [4.69, 9.17) is 16.3 Å². The number of aryl methyl sites for hydroxylation is 1. The SMILES string of the molecule is CCCCc1ccc(N2CC(C(=O)N3CCC4(CC3)CC(=O)c3cc(Cl)ccc3O4)CC2=O)cc1. The monoisotopic (exact) mass is 494 g/mol. The first-order chi connectivity index (χ1) is 16.9. The minimum absolute atomic E-state index is 0.00498. The molecule has 5 rings (SSSR count). The van der Waals surface area contributed by atoms with Crippen molar-refractivity contribution in [3.63, 3.8) is 0 Å². The van der Waals surface area contributed by atoms with Gasteiger partial charge in [0.2, 0.25) is 11.8 Å². The number of fused-ring (bicyclic) bond motifs is 1. The van der Waals surface area contributed by atoms with Crippen LogP contribution in [0.1, 0.15) is 61.4 Å². The summed E-state index contributed by atoms with van der Waals surface area (Å²) in [7, 11) is 0. The van der Waals surface area contributed by atoms with Gasteiger partial charge in [-0.15, -0.1) is 0 Å². The fraction of sp³-hybridized carbons (Fsp3) is 0.464. The van der Waals surface area contributed by atoms with Crippen LogP contribution in [0, 0.1) is 5.92 Å². The Morgan fingerprint density at radius 1 is 1.11 bits per heavy atom. The van der Waals surface area contributed by atoms with E-state index in [1.807, 2.05) is 17.0 Å². The molecule has 2 fully saturated rings. The lowest BCUT2D eigenvalue weighted by molar-refractivity contribution is -0.139. The summed E-state index contributed by atoms with van der Waals surface area (Å²) in [6, 6.07) is 13.3. The third-order valence-electron chi connectivity index (χ3n) is 7.58. The lowest BCUT2D eigenvalue weighted by atomic mass is 9.82. The summed E-state index contributed by atoms with van der Waals surface area (Å²) in [5.41, 5.74) is 2.08. The number of anilines is 1. The lowest BCUT2D eigenvalue weighted by Crippen LogP contribution is -2.53. The fourth-order valence-corrected chi connectivity index (χ4v) is 5.66. The van der Waals surface area contributed by atoms with Crippen molar-refractivity contribution in [3.05, 3.63) is 58.6 Å². The second-order valence-electron chi connectivity index (χ2n) is 10.0. The highest BCUT2D eigenvalue weighted by Crippen LogP contribution is 2.40. The third-order valence-corrected chi connectivity index (χ3v) is 7.81. The van der Waals surface area contributed by atoms with Crippen LogP contribution in [0.3, 0.4) is 0 Å². The maximum atomic E-state index is 13.3. The molecule has 35 heavy (non-hydrogen) atoms. The molecule has 6 nitrogen and oxygen atoms in total. The van der Waals surface area contributed by atoms with E-state index >= 15 is 0 Å². The van der Waals surface area contributed by atoms with Crippen LogP contribution in [-0.2, 0) is 16.0 Å². The van der Waals surface area contributed by atoms with Crippen molar-refractivity contribution in [3.8, 4) is 5.75 Å². The van der Waals surface area contributed by atoms with Gasteiger partial charge in [0.25, 0.3) is 0 Å². The Labute approximate surface area is 211 Å². The standard InChI is InChI=1S/C28H31ClN2O4/c1-2-3-4-19-5-8-22(9-6-19)31-18-20(15-26(31)33)27(34)30-13-11-28(12-14-30)17-24(32)23-16-21(29)7-10-25(23)35-28/h5-10,16,20H,2-4,11-15,17-18H2,1H3. The molecule has 0 aliphatic carbocycles. The van der Waals surface area contributed by atoms with E-state index in [-0.39, 0.29) is 29.9 Å². The minimum Gasteiger partial charge on any atom is -0.486 e. The minimum atomic E-state index is -0.578. The van der Waals surface area contributed by atoms with Crippen molar-refractivity contribution in [1.29, 1.82) is 0 Å². The quantitative estimate of drug-likeness (QED) is 0.582. The largest absolute Gasteiger partial charge is 0.486 e. The molecule has 2 amide bonds. The molecule has 3 aliphatic rings. The van der Waals surface area contributed by atoms with Crippen molar-refractivity contribution >= 4 is 34.9 Å². The number of halogens is 1. The van der Waals surface area contributed by atoms with Crippen LogP contribution < -0.4 is 9.64 Å². The molecule has 1 atom stereocenters. The Hall–Kier alpha value is -2.86. The number of benzene rings is 2. The zero-order valence-electron chi connectivity index (χ0n) is 20.1. The average molecular weight is 495 g/mol. The molecule has 184 valence electrons. The normalized spacial score (nSPS) is 21.3. The summed E-state index contributed by atoms with van der Waals surface area (Å²) in [5.74, 6) is 0.279. The van der Waals surface area contributed by atoms with E-state index in [0.717, 1.165) is 24.9 Å². The van der Waals surface area contributed by atoms with Gasteiger partial charge >= 0.3 is 0 Å². The predicted octanol–water partition coefficient (Wildman–Crippen LogP) is 5.06. The van der Waals surface area contributed by atoms with E-state index in [1.54, 1.807) is 23.1 Å². The smallest absolute Gasteiger partial charge is 0.228 e. The van der Waals surface area contributed by atoms with E-state index in [0.29, 0.717) is 55.2 Å². The number of carbonyl (C=O) groups is 3. The van der Waals surface area contributed by atoms with Gasteiger partial charge < -0.3 is 14.5 Å². The van der Waals surface area contributed by atoms with Crippen LogP contribution in [0.5, 0.6) is 5.75 Å². The van der Waals surface area contributed by atoms with Crippen molar-refractivity contribution < 1.29 is 19.1 Å². The highest BCUT2D eigenvalue weighted by Gasteiger charge is 2.45. The molecule has 0 bridgehead atoms. The molecule has 2 aromatic carbocycles. The van der Waals surface area contributed by atoms with Crippen LogP contribution in [0.2, 0.25) is 5.02 Å². The van der Waals surface area contributed by atoms with Crippen LogP contribution in [0.4, 0.5) is 5.69 Å². The molecule has 7 heteroatoms. The molecule has 0 N–H and O–H groups in total. The van der Waals surface area contributed by atoms with E-state index in [9.17, 15) is 14.4 Å². The zero-order valence-corrected chi connectivity index (χ0v) is 20.9.